The van der Waals surface area contributed by atoms with E-state index in [1.54, 1.807) is 11.8 Å². The summed E-state index contributed by atoms with van der Waals surface area (Å²) in [6, 6.07) is 0.506. The van der Waals surface area contributed by atoms with Crippen LogP contribution in [-0.4, -0.2) is 26.7 Å². The van der Waals surface area contributed by atoms with Gasteiger partial charge in [-0.25, -0.2) is 0 Å². The lowest BCUT2D eigenvalue weighted by atomic mass is 10.4. The van der Waals surface area contributed by atoms with Gasteiger partial charge in [0.1, 0.15) is 0 Å². The van der Waals surface area contributed by atoms with Crippen molar-refractivity contribution < 1.29 is 0 Å². The van der Waals surface area contributed by atoms with E-state index in [0.717, 1.165) is 22.8 Å². The largest absolute Gasteiger partial charge is 0.297 e. The van der Waals surface area contributed by atoms with E-state index >= 15 is 0 Å². The number of H-pyrrole nitrogens is 1. The fraction of sp³-hybridized carbons (Fsp3) is 0.615. The molecule has 1 heterocycles. The Balaban J connectivity index is 2.44. The van der Waals surface area contributed by atoms with Crippen LogP contribution in [0.2, 0.25) is 0 Å². The van der Waals surface area contributed by atoms with E-state index in [1.807, 2.05) is 6.92 Å². The number of hydrogen-bond acceptors (Lipinski definition) is 4. The third kappa shape index (κ3) is 3.17. The molecule has 0 aromatic carbocycles. The molecule has 1 N–H and O–H groups in total. The van der Waals surface area contributed by atoms with Gasteiger partial charge >= 0.3 is 0 Å². The zero-order chi connectivity index (χ0) is 14.0. The van der Waals surface area contributed by atoms with Crippen molar-refractivity contribution in [1.29, 1.82) is 0 Å². The molecule has 104 valence electrons. The van der Waals surface area contributed by atoms with Gasteiger partial charge in [0.25, 0.3) is 0 Å². The fourth-order valence-electron chi connectivity index (χ4n) is 1.79. The fourth-order valence-corrected chi connectivity index (χ4v) is 3.13. The summed E-state index contributed by atoms with van der Waals surface area (Å²) in [5.41, 5.74) is 0.918. The molecule has 1 unspecified atom stereocenters. The van der Waals surface area contributed by atoms with E-state index in [9.17, 15) is 0 Å². The van der Waals surface area contributed by atoms with Crippen LogP contribution >= 0.6 is 24.0 Å². The molecule has 0 saturated heterocycles. The lowest BCUT2D eigenvalue weighted by Gasteiger charge is -2.14. The van der Waals surface area contributed by atoms with Gasteiger partial charge in [-0.05, 0) is 45.1 Å². The van der Waals surface area contributed by atoms with Crippen molar-refractivity contribution in [1.82, 2.24) is 14.8 Å². The Hall–Kier alpha value is -0.880. The van der Waals surface area contributed by atoms with Crippen LogP contribution in [0.15, 0.2) is 10.7 Å². The maximum atomic E-state index is 5.34. The zero-order valence-corrected chi connectivity index (χ0v) is 13.3. The van der Waals surface area contributed by atoms with Gasteiger partial charge in [-0.2, -0.15) is 5.10 Å². The Morgan fingerprint density at radius 1 is 1.68 bits per heavy atom. The highest BCUT2D eigenvalue weighted by molar-refractivity contribution is 8.08. The summed E-state index contributed by atoms with van der Waals surface area (Å²) in [6.07, 6.45) is 3.47. The van der Waals surface area contributed by atoms with Crippen molar-refractivity contribution in [3.05, 3.63) is 16.3 Å². The molecule has 4 nitrogen and oxygen atoms in total. The van der Waals surface area contributed by atoms with Crippen LogP contribution in [0.5, 0.6) is 0 Å². The average molecular weight is 296 g/mol. The summed E-state index contributed by atoms with van der Waals surface area (Å²) < 4.78 is 2.84. The number of nitrogens with one attached hydrogen (secondary N) is 1. The maximum Gasteiger partial charge on any atom is 0.195 e. The van der Waals surface area contributed by atoms with Crippen LogP contribution in [0.25, 0.3) is 4.91 Å². The first kappa shape index (κ1) is 14.5. The molecule has 0 aliphatic heterocycles. The van der Waals surface area contributed by atoms with Gasteiger partial charge < -0.3 is 0 Å². The number of aromatic amines is 1. The summed E-state index contributed by atoms with van der Waals surface area (Å²) in [4.78, 5) is 5.18. The zero-order valence-electron chi connectivity index (χ0n) is 11.6. The molecule has 1 aliphatic rings. The van der Waals surface area contributed by atoms with Gasteiger partial charge in [-0.15, -0.1) is 11.8 Å². The monoisotopic (exact) mass is 296 g/mol. The molecule has 1 atom stereocenters. The second-order valence-corrected chi connectivity index (χ2v) is 6.70. The molecule has 0 spiro atoms. The van der Waals surface area contributed by atoms with Crippen molar-refractivity contribution in [3.63, 3.8) is 0 Å². The van der Waals surface area contributed by atoms with E-state index in [-0.39, 0.29) is 0 Å². The molecular formula is C13H20N4S2. The second-order valence-electron chi connectivity index (χ2n) is 4.86. The number of rotatable bonds is 6. The van der Waals surface area contributed by atoms with Crippen LogP contribution in [0.3, 0.4) is 0 Å². The molecule has 1 fully saturated rings. The topological polar surface area (TPSA) is 46.0 Å². The normalized spacial score (nSPS) is 18.1. The molecule has 6 heteroatoms. The average Bonchev–Trinajstić information content (AvgIpc) is 3.18. The first-order valence-corrected chi connectivity index (χ1v) is 7.88. The molecule has 0 amide bonds. The van der Waals surface area contributed by atoms with Crippen molar-refractivity contribution in [2.75, 3.05) is 0 Å². The van der Waals surface area contributed by atoms with E-state index in [1.165, 1.54) is 12.8 Å². The lowest BCUT2D eigenvalue weighted by Crippen LogP contribution is -2.03. The van der Waals surface area contributed by atoms with Crippen LogP contribution in [0, 0.1) is 4.77 Å². The Bertz CT molecular complexity index is 551. The van der Waals surface area contributed by atoms with Gasteiger partial charge in [-0.1, -0.05) is 13.8 Å². The molecule has 1 aromatic rings. The standard InChI is InChI=1S/C13H20N4S2/c1-5-8(2)19-11(9(3)14-4)12-15-16-13(18)17(12)10-6-7-10/h8,10H,4-7H2,1-3H3,(H,16,18)/b11-9-. The molecule has 19 heavy (non-hydrogen) atoms. The molecular weight excluding hydrogens is 276 g/mol. The minimum Gasteiger partial charge on any atom is -0.297 e. The molecule has 0 bridgehead atoms. The van der Waals surface area contributed by atoms with Gasteiger partial charge in [-0.3, -0.25) is 14.7 Å². The number of aliphatic imine (C=N–C) groups is 1. The molecule has 1 saturated carbocycles. The molecule has 0 radical (unpaired) electrons. The van der Waals surface area contributed by atoms with Crippen molar-refractivity contribution in [2.24, 2.45) is 4.99 Å². The smallest absolute Gasteiger partial charge is 0.195 e. The SMILES string of the molecule is C=N/C(C)=C(\SC(C)CC)c1n[nH]c(=S)n1C1CC1. The summed E-state index contributed by atoms with van der Waals surface area (Å²) in [5.74, 6) is 0.919. The number of nitrogens with zero attached hydrogens (tertiary/aromatic N) is 3. The maximum absolute atomic E-state index is 5.34. The van der Waals surface area contributed by atoms with E-state index in [0.29, 0.717) is 16.1 Å². The van der Waals surface area contributed by atoms with Gasteiger partial charge in [0.2, 0.25) is 0 Å². The van der Waals surface area contributed by atoms with Crippen molar-refractivity contribution >= 4 is 35.6 Å². The predicted molar refractivity (Wildman–Crippen MR) is 85.2 cm³/mol. The number of allylic oxidation sites excluding steroid dienone is 1. The number of hydrogen-bond donors (Lipinski definition) is 1. The minimum atomic E-state index is 0.506. The Morgan fingerprint density at radius 3 is 2.89 bits per heavy atom. The third-order valence-electron chi connectivity index (χ3n) is 3.28. The quantitative estimate of drug-likeness (QED) is 0.632. The molecule has 1 aliphatic carbocycles. The van der Waals surface area contributed by atoms with E-state index in [2.05, 4.69) is 40.3 Å². The summed E-state index contributed by atoms with van der Waals surface area (Å²) in [5, 5.41) is 7.85. The second kappa shape index (κ2) is 6.05. The summed E-state index contributed by atoms with van der Waals surface area (Å²) in [7, 11) is 0. The summed E-state index contributed by atoms with van der Waals surface area (Å²) >= 11 is 7.14. The van der Waals surface area contributed by atoms with Crippen LogP contribution in [0.1, 0.15) is 51.9 Å². The Kier molecular flexibility index (Phi) is 4.62. The van der Waals surface area contributed by atoms with Gasteiger partial charge in [0, 0.05) is 11.3 Å². The van der Waals surface area contributed by atoms with Gasteiger partial charge in [0.15, 0.2) is 10.6 Å². The highest BCUT2D eigenvalue weighted by Crippen LogP contribution is 2.41. The van der Waals surface area contributed by atoms with E-state index < -0.39 is 0 Å². The highest BCUT2D eigenvalue weighted by atomic mass is 32.2. The summed E-state index contributed by atoms with van der Waals surface area (Å²) in [6.45, 7) is 10.0. The van der Waals surface area contributed by atoms with Gasteiger partial charge in [0.05, 0.1) is 10.6 Å². The molecule has 2 rings (SSSR count). The highest BCUT2D eigenvalue weighted by Gasteiger charge is 2.29. The van der Waals surface area contributed by atoms with Crippen LogP contribution in [-0.2, 0) is 0 Å². The Labute approximate surface area is 123 Å². The van der Waals surface area contributed by atoms with Crippen LogP contribution < -0.4 is 0 Å². The predicted octanol–water partition coefficient (Wildman–Crippen LogP) is 4.20. The van der Waals surface area contributed by atoms with Crippen molar-refractivity contribution in [2.45, 2.75) is 51.3 Å². The third-order valence-corrected chi connectivity index (χ3v) is 5.02. The van der Waals surface area contributed by atoms with Crippen molar-refractivity contribution in [3.8, 4) is 0 Å². The molecule has 1 aromatic heterocycles. The van der Waals surface area contributed by atoms with Crippen LogP contribution in [0.4, 0.5) is 0 Å². The lowest BCUT2D eigenvalue weighted by molar-refractivity contribution is 0.718. The first-order chi connectivity index (χ1) is 9.08. The Morgan fingerprint density at radius 2 is 2.37 bits per heavy atom. The van der Waals surface area contributed by atoms with E-state index in [4.69, 9.17) is 12.2 Å². The minimum absolute atomic E-state index is 0.506. The first-order valence-electron chi connectivity index (χ1n) is 6.60. The number of thioether (sulfide) groups is 1. The number of aromatic nitrogens is 3.